The number of amides is 1. The van der Waals surface area contributed by atoms with Gasteiger partial charge in [0, 0.05) is 17.1 Å². The highest BCUT2D eigenvalue weighted by Gasteiger charge is 2.35. The number of hydrogen-bond acceptors (Lipinski definition) is 2. The van der Waals surface area contributed by atoms with Gasteiger partial charge in [0.1, 0.15) is 5.82 Å². The maximum atomic E-state index is 13.6. The van der Waals surface area contributed by atoms with Crippen LogP contribution < -0.4 is 5.32 Å². The number of halogens is 2. The minimum atomic E-state index is -0.991. The van der Waals surface area contributed by atoms with Crippen LogP contribution in [0.5, 0.6) is 0 Å². The van der Waals surface area contributed by atoms with E-state index in [1.165, 1.54) is 18.2 Å². The molecule has 0 aromatic heterocycles. The molecule has 0 unspecified atom stereocenters. The van der Waals surface area contributed by atoms with Gasteiger partial charge in [-0.3, -0.25) is 9.59 Å². The van der Waals surface area contributed by atoms with E-state index in [1.54, 1.807) is 13.8 Å². The molecule has 0 aliphatic heterocycles. The predicted molar refractivity (Wildman–Crippen MR) is 78.8 cm³/mol. The van der Waals surface area contributed by atoms with E-state index in [1.807, 2.05) is 0 Å². The molecule has 1 amide bonds. The van der Waals surface area contributed by atoms with Gasteiger partial charge in [-0.05, 0) is 25.0 Å². The molecule has 0 saturated carbocycles. The lowest BCUT2D eigenvalue weighted by atomic mass is 9.82. The van der Waals surface area contributed by atoms with E-state index >= 15 is 0 Å². The Labute approximate surface area is 128 Å². The summed E-state index contributed by atoms with van der Waals surface area (Å²) in [6.07, 6.45) is 0.591. The highest BCUT2D eigenvalue weighted by molar-refractivity contribution is 6.31. The van der Waals surface area contributed by atoms with E-state index in [9.17, 15) is 19.1 Å². The second-order valence-corrected chi connectivity index (χ2v) is 5.35. The van der Waals surface area contributed by atoms with Gasteiger partial charge < -0.3 is 10.4 Å². The molecule has 1 aromatic carbocycles. The van der Waals surface area contributed by atoms with E-state index in [2.05, 4.69) is 5.32 Å². The molecule has 1 rings (SSSR count). The van der Waals surface area contributed by atoms with E-state index in [0.717, 1.165) is 0 Å². The van der Waals surface area contributed by atoms with Gasteiger partial charge >= 0.3 is 5.97 Å². The smallest absolute Gasteiger partial charge is 0.311 e. The Balaban J connectivity index is 2.72. The van der Waals surface area contributed by atoms with Gasteiger partial charge in [0.15, 0.2) is 0 Å². The summed E-state index contributed by atoms with van der Waals surface area (Å²) in [7, 11) is 0. The van der Waals surface area contributed by atoms with Crippen molar-refractivity contribution in [3.05, 3.63) is 34.6 Å². The number of carboxylic acids is 1. The van der Waals surface area contributed by atoms with E-state index < -0.39 is 23.1 Å². The van der Waals surface area contributed by atoms with Crippen LogP contribution in [-0.2, 0) is 16.0 Å². The molecule has 21 heavy (non-hydrogen) atoms. The fourth-order valence-corrected chi connectivity index (χ4v) is 2.30. The summed E-state index contributed by atoms with van der Waals surface area (Å²) in [5.74, 6) is -1.95. The third-order valence-electron chi connectivity index (χ3n) is 3.83. The highest BCUT2D eigenvalue weighted by Crippen LogP contribution is 2.26. The lowest BCUT2D eigenvalue weighted by molar-refractivity contribution is -0.149. The second-order valence-electron chi connectivity index (χ2n) is 4.95. The maximum absolute atomic E-state index is 13.6. The van der Waals surface area contributed by atoms with Gasteiger partial charge in [0.25, 0.3) is 0 Å². The van der Waals surface area contributed by atoms with E-state index in [0.29, 0.717) is 12.8 Å². The van der Waals surface area contributed by atoms with Crippen molar-refractivity contribution in [3.8, 4) is 0 Å². The zero-order valence-corrected chi connectivity index (χ0v) is 12.8. The Morgan fingerprint density at radius 3 is 2.43 bits per heavy atom. The van der Waals surface area contributed by atoms with Gasteiger partial charge in [0.05, 0.1) is 11.8 Å². The Morgan fingerprint density at radius 2 is 1.95 bits per heavy atom. The van der Waals surface area contributed by atoms with Crippen molar-refractivity contribution in [3.63, 3.8) is 0 Å². The fraction of sp³-hybridized carbons (Fsp3) is 0.467. The Kier molecular flexibility index (Phi) is 6.15. The third-order valence-corrected chi connectivity index (χ3v) is 4.18. The Morgan fingerprint density at radius 1 is 1.33 bits per heavy atom. The lowest BCUT2D eigenvalue weighted by Crippen LogP contribution is -2.42. The predicted octanol–water partition coefficient (Wildman–Crippen LogP) is 3.03. The minimum absolute atomic E-state index is 0.0141. The number of nitrogens with one attached hydrogen (secondary N) is 1. The molecule has 0 saturated heterocycles. The molecular weight excluding hydrogens is 297 g/mol. The molecule has 0 atom stereocenters. The Hall–Kier alpha value is -1.62. The molecule has 2 N–H and O–H groups in total. The normalized spacial score (nSPS) is 11.2. The molecular formula is C15H19ClFNO3. The van der Waals surface area contributed by atoms with E-state index in [4.69, 9.17) is 11.6 Å². The first kappa shape index (κ1) is 17.4. The van der Waals surface area contributed by atoms with Gasteiger partial charge in [-0.2, -0.15) is 0 Å². The first-order valence-electron chi connectivity index (χ1n) is 6.79. The molecule has 0 fully saturated rings. The standard InChI is InChI=1S/C15H19ClFNO3/c1-3-15(4-2,14(20)21)9-18-13(19)8-10-11(16)6-5-7-12(10)17/h5-7H,3-4,8-9H2,1-2H3,(H,18,19)(H,20,21). The van der Waals surface area contributed by atoms with Crippen LogP contribution in [0.15, 0.2) is 18.2 Å². The first-order valence-corrected chi connectivity index (χ1v) is 7.17. The van der Waals surface area contributed by atoms with Gasteiger partial charge in [-0.1, -0.05) is 31.5 Å². The monoisotopic (exact) mass is 315 g/mol. The molecule has 4 nitrogen and oxygen atoms in total. The minimum Gasteiger partial charge on any atom is -0.481 e. The summed E-state index contributed by atoms with van der Waals surface area (Å²) in [6.45, 7) is 3.54. The van der Waals surface area contributed by atoms with Crippen molar-refractivity contribution in [1.29, 1.82) is 0 Å². The van der Waals surface area contributed by atoms with Crippen molar-refractivity contribution < 1.29 is 19.1 Å². The van der Waals surface area contributed by atoms with E-state index in [-0.39, 0.29) is 23.6 Å². The van der Waals surface area contributed by atoms with Crippen molar-refractivity contribution in [1.82, 2.24) is 5.32 Å². The van der Waals surface area contributed by atoms with Crippen molar-refractivity contribution in [2.24, 2.45) is 5.41 Å². The number of carbonyl (C=O) groups excluding carboxylic acids is 1. The summed E-state index contributed by atoms with van der Waals surface area (Å²) in [5.41, 5.74) is -0.875. The summed E-state index contributed by atoms with van der Waals surface area (Å²) < 4.78 is 13.6. The van der Waals surface area contributed by atoms with Crippen LogP contribution >= 0.6 is 11.6 Å². The number of rotatable bonds is 7. The quantitative estimate of drug-likeness (QED) is 0.812. The van der Waals surface area contributed by atoms with Gasteiger partial charge in [0.2, 0.25) is 5.91 Å². The second kappa shape index (κ2) is 7.41. The Bertz CT molecular complexity index is 509. The molecule has 0 aliphatic carbocycles. The molecule has 1 aromatic rings. The topological polar surface area (TPSA) is 66.4 Å². The number of benzene rings is 1. The molecule has 0 radical (unpaired) electrons. The van der Waals surface area contributed by atoms with Crippen LogP contribution in [0.25, 0.3) is 0 Å². The largest absolute Gasteiger partial charge is 0.481 e. The lowest BCUT2D eigenvalue weighted by Gasteiger charge is -2.26. The van der Waals surface area contributed by atoms with Crippen LogP contribution in [0.1, 0.15) is 32.3 Å². The number of carboxylic acid groups (broad SMARTS) is 1. The molecule has 0 spiro atoms. The zero-order valence-electron chi connectivity index (χ0n) is 12.1. The van der Waals surface area contributed by atoms with Crippen LogP contribution in [-0.4, -0.2) is 23.5 Å². The average Bonchev–Trinajstić information content (AvgIpc) is 2.44. The van der Waals surface area contributed by atoms with Gasteiger partial charge in [-0.15, -0.1) is 0 Å². The maximum Gasteiger partial charge on any atom is 0.311 e. The fourth-order valence-electron chi connectivity index (χ4n) is 2.07. The van der Waals surface area contributed by atoms with Crippen molar-refractivity contribution >= 4 is 23.5 Å². The number of carbonyl (C=O) groups is 2. The first-order chi connectivity index (χ1) is 9.86. The van der Waals surface area contributed by atoms with Crippen LogP contribution in [0.4, 0.5) is 4.39 Å². The summed E-state index contributed by atoms with van der Waals surface area (Å²) >= 11 is 5.85. The SMILES string of the molecule is CCC(CC)(CNC(=O)Cc1c(F)cccc1Cl)C(=O)O. The van der Waals surface area contributed by atoms with Crippen molar-refractivity contribution in [2.75, 3.05) is 6.54 Å². The molecule has 116 valence electrons. The molecule has 0 bridgehead atoms. The van der Waals surface area contributed by atoms with Crippen molar-refractivity contribution in [2.45, 2.75) is 33.1 Å². The molecule has 6 heteroatoms. The third kappa shape index (κ3) is 4.17. The van der Waals surface area contributed by atoms with Crippen LogP contribution in [0.2, 0.25) is 5.02 Å². The number of aliphatic carboxylic acids is 1. The number of hydrogen-bond donors (Lipinski definition) is 2. The molecule has 0 aliphatic rings. The summed E-state index contributed by atoms with van der Waals surface area (Å²) in [6, 6.07) is 4.20. The van der Waals surface area contributed by atoms with Crippen LogP contribution in [0.3, 0.4) is 0 Å². The molecule has 0 heterocycles. The summed E-state index contributed by atoms with van der Waals surface area (Å²) in [4.78, 5) is 23.2. The van der Waals surface area contributed by atoms with Crippen LogP contribution in [0, 0.1) is 11.2 Å². The zero-order chi connectivity index (χ0) is 16.0. The summed E-state index contributed by atoms with van der Waals surface area (Å²) in [5, 5.41) is 12.0. The van der Waals surface area contributed by atoms with Gasteiger partial charge in [-0.25, -0.2) is 4.39 Å². The average molecular weight is 316 g/mol. The highest BCUT2D eigenvalue weighted by atomic mass is 35.5.